The Morgan fingerprint density at radius 1 is 1.23 bits per heavy atom. The molecule has 0 radical (unpaired) electrons. The van der Waals surface area contributed by atoms with Crippen LogP contribution in [0, 0.1) is 0 Å². The van der Waals surface area contributed by atoms with Crippen molar-refractivity contribution >= 4 is 11.9 Å². The van der Waals surface area contributed by atoms with Crippen molar-refractivity contribution < 1.29 is 14.3 Å². The minimum absolute atomic E-state index is 0.0913. The van der Waals surface area contributed by atoms with Crippen molar-refractivity contribution in [1.82, 2.24) is 15.1 Å². The van der Waals surface area contributed by atoms with Gasteiger partial charge in [-0.2, -0.15) is 0 Å². The van der Waals surface area contributed by atoms with Gasteiger partial charge >= 0.3 is 6.03 Å². The number of nitrogens with one attached hydrogen (secondary N) is 1. The summed E-state index contributed by atoms with van der Waals surface area (Å²) in [7, 11) is 1.66. The Kier molecular flexibility index (Phi) is 4.74. The molecule has 2 aliphatic heterocycles. The molecule has 1 saturated carbocycles. The number of ether oxygens (including phenoxy) is 1. The maximum absolute atomic E-state index is 12.8. The molecule has 1 N–H and O–H groups in total. The van der Waals surface area contributed by atoms with Gasteiger partial charge in [-0.3, -0.25) is 4.79 Å². The van der Waals surface area contributed by atoms with E-state index in [2.05, 4.69) is 11.4 Å². The zero-order valence-corrected chi connectivity index (χ0v) is 15.3. The van der Waals surface area contributed by atoms with Crippen LogP contribution in [-0.2, 0) is 11.2 Å². The second-order valence-electron chi connectivity index (χ2n) is 7.60. The highest BCUT2D eigenvalue weighted by Gasteiger charge is 2.42. The lowest BCUT2D eigenvalue weighted by Gasteiger charge is -2.26. The molecule has 0 bridgehead atoms. The zero-order valence-electron chi connectivity index (χ0n) is 15.3. The molecule has 4 rings (SSSR count). The Morgan fingerprint density at radius 2 is 2.08 bits per heavy atom. The first-order valence-corrected chi connectivity index (χ1v) is 9.66. The molecule has 140 valence electrons. The highest BCUT2D eigenvalue weighted by atomic mass is 16.5. The standard InChI is InChI=1S/C20H27N3O3/c1-26-17-6-2-4-14(13-17)12-16-5-3-10-23(16)20(25)21-18-9-11-22(19(18)24)15-7-8-15/h2,4,6,13,15-16,18H,3,5,7-12H2,1H3,(H,21,25). The zero-order chi connectivity index (χ0) is 18.1. The van der Waals surface area contributed by atoms with E-state index in [0.717, 1.165) is 57.4 Å². The Morgan fingerprint density at radius 3 is 2.85 bits per heavy atom. The molecule has 3 amide bonds. The van der Waals surface area contributed by atoms with E-state index in [1.54, 1.807) is 7.11 Å². The summed E-state index contributed by atoms with van der Waals surface area (Å²) in [4.78, 5) is 29.1. The van der Waals surface area contributed by atoms with Crippen molar-refractivity contribution in [2.45, 2.75) is 56.7 Å². The van der Waals surface area contributed by atoms with Crippen LogP contribution >= 0.6 is 0 Å². The van der Waals surface area contributed by atoms with Crippen LogP contribution < -0.4 is 10.1 Å². The molecule has 6 nitrogen and oxygen atoms in total. The number of methoxy groups -OCH3 is 1. The fourth-order valence-corrected chi connectivity index (χ4v) is 4.20. The van der Waals surface area contributed by atoms with Crippen LogP contribution in [0.4, 0.5) is 4.79 Å². The largest absolute Gasteiger partial charge is 0.497 e. The number of likely N-dealkylation sites (tertiary alicyclic amines) is 2. The van der Waals surface area contributed by atoms with E-state index in [1.165, 1.54) is 5.56 Å². The van der Waals surface area contributed by atoms with E-state index in [9.17, 15) is 9.59 Å². The molecule has 0 aromatic heterocycles. The second kappa shape index (κ2) is 7.17. The lowest BCUT2D eigenvalue weighted by Crippen LogP contribution is -2.50. The maximum atomic E-state index is 12.8. The van der Waals surface area contributed by atoms with Gasteiger partial charge in [0, 0.05) is 25.2 Å². The van der Waals surface area contributed by atoms with Crippen molar-refractivity contribution in [3.05, 3.63) is 29.8 Å². The third-order valence-corrected chi connectivity index (χ3v) is 5.77. The van der Waals surface area contributed by atoms with Crippen molar-refractivity contribution in [3.63, 3.8) is 0 Å². The van der Waals surface area contributed by atoms with Crippen LogP contribution in [0.1, 0.15) is 37.7 Å². The molecule has 1 aromatic rings. The molecule has 1 aromatic carbocycles. The monoisotopic (exact) mass is 357 g/mol. The summed E-state index contributed by atoms with van der Waals surface area (Å²) in [6.07, 6.45) is 5.78. The van der Waals surface area contributed by atoms with E-state index in [0.29, 0.717) is 6.04 Å². The van der Waals surface area contributed by atoms with Crippen molar-refractivity contribution in [3.8, 4) is 5.75 Å². The summed E-state index contributed by atoms with van der Waals surface area (Å²) < 4.78 is 5.29. The predicted molar refractivity (Wildman–Crippen MR) is 98.1 cm³/mol. The summed E-state index contributed by atoms with van der Waals surface area (Å²) in [5, 5.41) is 2.99. The van der Waals surface area contributed by atoms with Crippen LogP contribution in [0.5, 0.6) is 5.75 Å². The number of carbonyl (C=O) groups is 2. The lowest BCUT2D eigenvalue weighted by molar-refractivity contribution is -0.129. The number of nitrogens with zero attached hydrogens (tertiary/aromatic N) is 2. The third kappa shape index (κ3) is 3.50. The van der Waals surface area contributed by atoms with Gasteiger partial charge in [-0.1, -0.05) is 12.1 Å². The Labute approximate surface area is 154 Å². The minimum Gasteiger partial charge on any atom is -0.497 e. The minimum atomic E-state index is -0.346. The Balaban J connectivity index is 1.36. The molecule has 3 fully saturated rings. The van der Waals surface area contributed by atoms with Gasteiger partial charge in [-0.05, 0) is 56.2 Å². The molecule has 2 saturated heterocycles. The number of urea groups is 1. The first-order chi connectivity index (χ1) is 12.7. The van der Waals surface area contributed by atoms with Crippen LogP contribution in [0.3, 0.4) is 0 Å². The van der Waals surface area contributed by atoms with Crippen LogP contribution in [0.2, 0.25) is 0 Å². The lowest BCUT2D eigenvalue weighted by atomic mass is 10.0. The van der Waals surface area contributed by atoms with Gasteiger partial charge in [0.15, 0.2) is 0 Å². The summed E-state index contributed by atoms with van der Waals surface area (Å²) >= 11 is 0. The van der Waals surface area contributed by atoms with Crippen molar-refractivity contribution in [1.29, 1.82) is 0 Å². The average molecular weight is 357 g/mol. The third-order valence-electron chi connectivity index (χ3n) is 5.77. The van der Waals surface area contributed by atoms with Gasteiger partial charge in [0.05, 0.1) is 7.11 Å². The molecular formula is C20H27N3O3. The fourth-order valence-electron chi connectivity index (χ4n) is 4.20. The first-order valence-electron chi connectivity index (χ1n) is 9.66. The number of amides is 3. The molecule has 6 heteroatoms. The van der Waals surface area contributed by atoms with Crippen molar-refractivity contribution in [2.24, 2.45) is 0 Å². The molecular weight excluding hydrogens is 330 g/mol. The Bertz CT molecular complexity index is 689. The smallest absolute Gasteiger partial charge is 0.318 e. The van der Waals surface area contributed by atoms with Crippen molar-refractivity contribution in [2.75, 3.05) is 20.2 Å². The quantitative estimate of drug-likeness (QED) is 0.879. The summed E-state index contributed by atoms with van der Waals surface area (Å²) in [5.41, 5.74) is 1.17. The van der Waals surface area contributed by atoms with Gasteiger partial charge in [0.25, 0.3) is 0 Å². The topological polar surface area (TPSA) is 61.9 Å². The van der Waals surface area contributed by atoms with Crippen LogP contribution in [-0.4, -0.2) is 60.1 Å². The summed E-state index contributed by atoms with van der Waals surface area (Å²) in [5.74, 6) is 0.942. The van der Waals surface area contributed by atoms with Crippen LogP contribution in [0.25, 0.3) is 0 Å². The van der Waals surface area contributed by atoms with Gasteiger partial charge in [-0.25, -0.2) is 4.79 Å². The molecule has 2 heterocycles. The number of benzene rings is 1. The Hall–Kier alpha value is -2.24. The molecule has 26 heavy (non-hydrogen) atoms. The molecule has 0 spiro atoms. The summed E-state index contributed by atoms with van der Waals surface area (Å²) in [6, 6.07) is 8.19. The number of hydrogen-bond donors (Lipinski definition) is 1. The molecule has 2 atom stereocenters. The average Bonchev–Trinajstić information content (AvgIpc) is 3.28. The summed E-state index contributed by atoms with van der Waals surface area (Å²) in [6.45, 7) is 1.54. The molecule has 1 aliphatic carbocycles. The first kappa shape index (κ1) is 17.2. The number of hydrogen-bond acceptors (Lipinski definition) is 3. The van der Waals surface area contributed by atoms with E-state index >= 15 is 0 Å². The molecule has 3 aliphatic rings. The SMILES string of the molecule is COc1cccc(CC2CCCN2C(=O)NC2CCN(C3CC3)C2=O)c1. The normalized spacial score (nSPS) is 25.7. The fraction of sp³-hybridized carbons (Fsp3) is 0.600. The van der Waals surface area contributed by atoms with Gasteiger partial charge < -0.3 is 19.9 Å². The predicted octanol–water partition coefficient (Wildman–Crippen LogP) is 2.17. The van der Waals surface area contributed by atoms with E-state index in [4.69, 9.17) is 4.74 Å². The highest BCUT2D eigenvalue weighted by Crippen LogP contribution is 2.31. The second-order valence-corrected chi connectivity index (χ2v) is 7.60. The van der Waals surface area contributed by atoms with E-state index in [-0.39, 0.29) is 24.0 Å². The van der Waals surface area contributed by atoms with Gasteiger partial charge in [0.2, 0.25) is 5.91 Å². The highest BCUT2D eigenvalue weighted by molar-refractivity contribution is 5.89. The number of rotatable bonds is 5. The van der Waals surface area contributed by atoms with E-state index in [1.807, 2.05) is 28.0 Å². The maximum Gasteiger partial charge on any atom is 0.318 e. The molecule has 2 unspecified atom stereocenters. The van der Waals surface area contributed by atoms with E-state index < -0.39 is 0 Å². The number of carbonyl (C=O) groups excluding carboxylic acids is 2. The van der Waals surface area contributed by atoms with Gasteiger partial charge in [0.1, 0.15) is 11.8 Å². The van der Waals surface area contributed by atoms with Crippen LogP contribution in [0.15, 0.2) is 24.3 Å². The van der Waals surface area contributed by atoms with Gasteiger partial charge in [-0.15, -0.1) is 0 Å².